The van der Waals surface area contributed by atoms with E-state index in [9.17, 15) is 9.59 Å². The van der Waals surface area contributed by atoms with E-state index in [-0.39, 0.29) is 48.3 Å². The summed E-state index contributed by atoms with van der Waals surface area (Å²) in [5, 5.41) is 21.2. The molecule has 0 saturated heterocycles. The van der Waals surface area contributed by atoms with Crippen molar-refractivity contribution in [1.82, 2.24) is 10.3 Å². The molecule has 35 heavy (non-hydrogen) atoms. The number of carboxylic acids is 1. The number of nitriles is 1. The molecule has 12 nitrogen and oxygen atoms in total. The van der Waals surface area contributed by atoms with Gasteiger partial charge in [-0.05, 0) is 51.7 Å². The number of pyridine rings is 1. The molecule has 1 amide bonds. The van der Waals surface area contributed by atoms with Gasteiger partial charge in [-0.25, -0.2) is 19.8 Å². The third kappa shape index (κ3) is 9.50. The minimum Gasteiger partial charge on any atom is -0.475 e. The zero-order valence-electron chi connectivity index (χ0n) is 20.4. The number of rotatable bonds is 10. The summed E-state index contributed by atoms with van der Waals surface area (Å²) in [4.78, 5) is 38.7. The van der Waals surface area contributed by atoms with Crippen LogP contribution in [0.2, 0.25) is 0 Å². The first-order valence-electron chi connectivity index (χ1n) is 11.4. The van der Waals surface area contributed by atoms with Gasteiger partial charge >= 0.3 is 12.0 Å². The van der Waals surface area contributed by atoms with E-state index < -0.39 is 17.7 Å². The largest absolute Gasteiger partial charge is 0.475 e. The van der Waals surface area contributed by atoms with E-state index in [1.807, 2.05) is 20.9 Å². The number of nitrogen functional groups attached to an aromatic ring is 1. The lowest BCUT2D eigenvalue weighted by molar-refractivity contribution is -0.129. The van der Waals surface area contributed by atoms with Crippen LogP contribution in [0.25, 0.3) is 0 Å². The maximum absolute atomic E-state index is 11.6. The number of aliphatic carboxylic acids is 1. The lowest BCUT2D eigenvalue weighted by atomic mass is 9.96. The fourth-order valence-corrected chi connectivity index (χ4v) is 3.11. The maximum atomic E-state index is 11.6. The molecular formula is C23H34N8O4. The van der Waals surface area contributed by atoms with Crippen molar-refractivity contribution in [3.63, 3.8) is 0 Å². The number of primary amides is 1. The summed E-state index contributed by atoms with van der Waals surface area (Å²) in [6.07, 6.45) is 1.92. The first-order chi connectivity index (χ1) is 16.8. The molecule has 2 rings (SSSR count). The summed E-state index contributed by atoms with van der Waals surface area (Å²) in [6, 6.07) is 5.35. The van der Waals surface area contributed by atoms with E-state index in [0.29, 0.717) is 25.1 Å². The number of nitrogens with zero attached hydrogens (tertiary/aromatic N) is 5. The van der Waals surface area contributed by atoms with Gasteiger partial charge in [0.05, 0.1) is 24.3 Å². The Bertz CT molecular complexity index is 986. The highest BCUT2D eigenvalue weighted by Crippen LogP contribution is 2.37. The number of aromatic nitrogens is 1. The van der Waals surface area contributed by atoms with Gasteiger partial charge in [-0.3, -0.25) is 4.79 Å². The first-order valence-corrected chi connectivity index (χ1v) is 11.4. The molecule has 0 aliphatic heterocycles. The van der Waals surface area contributed by atoms with E-state index in [4.69, 9.17) is 26.6 Å². The highest BCUT2D eigenvalue weighted by Gasteiger charge is 2.38. The van der Waals surface area contributed by atoms with Gasteiger partial charge in [-0.2, -0.15) is 10.3 Å². The smallest absolute Gasteiger partial charge is 0.374 e. The monoisotopic (exact) mass is 486 g/mol. The molecule has 12 heteroatoms. The van der Waals surface area contributed by atoms with E-state index in [1.54, 1.807) is 12.1 Å². The van der Waals surface area contributed by atoms with E-state index in [1.165, 1.54) is 0 Å². The molecule has 0 bridgehead atoms. The second-order valence-corrected chi connectivity index (χ2v) is 7.52. The number of amidine groups is 2. The molecule has 1 aliphatic carbocycles. The first kappa shape index (κ1) is 29.2. The zero-order chi connectivity index (χ0) is 26.4. The number of anilines is 1. The zero-order valence-corrected chi connectivity index (χ0v) is 20.4. The van der Waals surface area contributed by atoms with Gasteiger partial charge in [0.2, 0.25) is 5.84 Å². The number of nitrogens with one attached hydrogen (secondary N) is 1. The highest BCUT2D eigenvalue weighted by molar-refractivity contribution is 6.37. The van der Waals surface area contributed by atoms with Crippen LogP contribution >= 0.6 is 0 Å². The Morgan fingerprint density at radius 3 is 2.66 bits per heavy atom. The molecule has 0 spiro atoms. The van der Waals surface area contributed by atoms with Crippen molar-refractivity contribution in [2.45, 2.75) is 39.0 Å². The van der Waals surface area contributed by atoms with Crippen LogP contribution in [0.3, 0.4) is 0 Å². The lowest BCUT2D eigenvalue weighted by Gasteiger charge is -2.17. The number of ether oxygens (including phenoxy) is 1. The number of nitrogens with two attached hydrogens (primary N) is 2. The fourth-order valence-electron chi connectivity index (χ4n) is 3.11. The normalized spacial score (nSPS) is 17.9. The second-order valence-electron chi connectivity index (χ2n) is 7.52. The van der Waals surface area contributed by atoms with Gasteiger partial charge in [0.25, 0.3) is 5.91 Å². The Kier molecular flexibility index (Phi) is 12.6. The summed E-state index contributed by atoms with van der Waals surface area (Å²) >= 11 is 0. The Morgan fingerprint density at radius 2 is 2.11 bits per heavy atom. The van der Waals surface area contributed by atoms with E-state index in [2.05, 4.69) is 38.1 Å². The van der Waals surface area contributed by atoms with Crippen molar-refractivity contribution in [3.8, 4) is 6.07 Å². The molecule has 3 unspecified atom stereocenters. The number of aliphatic imine (C=N–C) groups is 3. The SMILES string of the molecule is C=N/C(=N\C(=NCCC(CCNC)c1ccc(N)c(C(N)=O)n1)OCC1CC1C#N)C(=O)O.CC. The van der Waals surface area contributed by atoms with E-state index in [0.717, 1.165) is 6.42 Å². The second kappa shape index (κ2) is 15.1. The van der Waals surface area contributed by atoms with Gasteiger partial charge in [0, 0.05) is 24.1 Å². The van der Waals surface area contributed by atoms with E-state index >= 15 is 0 Å². The van der Waals surface area contributed by atoms with Crippen LogP contribution in [0.1, 0.15) is 55.2 Å². The Balaban J connectivity index is 0.00000298. The van der Waals surface area contributed by atoms with Gasteiger partial charge in [0.1, 0.15) is 0 Å². The molecule has 3 atom stereocenters. The Hall–Kier alpha value is -3.85. The Labute approximate surface area is 205 Å². The lowest BCUT2D eigenvalue weighted by Crippen LogP contribution is -2.19. The number of hydrogen-bond acceptors (Lipinski definition) is 8. The predicted molar refractivity (Wildman–Crippen MR) is 135 cm³/mol. The predicted octanol–water partition coefficient (Wildman–Crippen LogP) is 1.59. The third-order valence-electron chi connectivity index (χ3n) is 5.12. The molecule has 190 valence electrons. The number of carbonyl (C=O) groups excluding carboxylic acids is 1. The maximum Gasteiger partial charge on any atom is 0.374 e. The van der Waals surface area contributed by atoms with Gasteiger partial charge in [0.15, 0.2) is 5.69 Å². The minimum absolute atomic E-state index is 0.0127. The minimum atomic E-state index is -1.36. The van der Waals surface area contributed by atoms with Crippen LogP contribution in [0, 0.1) is 23.2 Å². The highest BCUT2D eigenvalue weighted by atomic mass is 16.5. The molecule has 1 saturated carbocycles. The number of carbonyl (C=O) groups is 2. The van der Waals surface area contributed by atoms with Gasteiger partial charge in [-0.15, -0.1) is 0 Å². The molecule has 1 aromatic heterocycles. The van der Waals surface area contributed by atoms with Crippen molar-refractivity contribution in [2.24, 2.45) is 32.5 Å². The summed E-state index contributed by atoms with van der Waals surface area (Å²) in [5.41, 5.74) is 12.0. The van der Waals surface area contributed by atoms with Crippen molar-refractivity contribution in [3.05, 3.63) is 23.5 Å². The summed E-state index contributed by atoms with van der Waals surface area (Å²) in [6.45, 7) is 8.33. The van der Waals surface area contributed by atoms with Crippen molar-refractivity contribution < 1.29 is 19.4 Å². The van der Waals surface area contributed by atoms with Crippen LogP contribution in [-0.2, 0) is 9.53 Å². The summed E-state index contributed by atoms with van der Waals surface area (Å²) in [5.74, 6) is -2.71. The Morgan fingerprint density at radius 1 is 1.40 bits per heavy atom. The number of hydrogen-bond donors (Lipinski definition) is 4. The third-order valence-corrected chi connectivity index (χ3v) is 5.12. The van der Waals surface area contributed by atoms with Crippen LogP contribution in [0.4, 0.5) is 5.69 Å². The van der Waals surface area contributed by atoms with Gasteiger partial charge in [-0.1, -0.05) is 13.8 Å². The molecular weight excluding hydrogens is 452 g/mol. The van der Waals surface area contributed by atoms with Crippen molar-refractivity contribution in [2.75, 3.05) is 32.5 Å². The molecule has 6 N–H and O–H groups in total. The molecule has 0 radical (unpaired) electrons. The number of carboxylic acid groups (broad SMARTS) is 1. The van der Waals surface area contributed by atoms with Crippen molar-refractivity contribution in [1.29, 1.82) is 5.26 Å². The summed E-state index contributed by atoms with van der Waals surface area (Å²) in [7, 11) is 1.82. The van der Waals surface area contributed by atoms with Crippen LogP contribution in [-0.4, -0.2) is 67.3 Å². The molecule has 0 aromatic carbocycles. The average molecular weight is 487 g/mol. The fraction of sp³-hybridized carbons (Fsp3) is 0.522. The summed E-state index contributed by atoms with van der Waals surface area (Å²) < 4.78 is 5.57. The number of amides is 1. The van der Waals surface area contributed by atoms with Crippen LogP contribution < -0.4 is 16.8 Å². The standard InChI is InChI=1S/C21H28N8O4.C2H6/c1-25-7-5-12(16-4-3-15(23)17(28-16)18(24)30)6-8-27-21(29-19(26-2)20(31)32)33-11-14-9-13(14)10-22;1-2/h3-4,12-14,25H,2,5-9,11,23H2,1H3,(H2,24,30)(H,31,32);1-2H3/b27-21?,29-19-;. The quantitative estimate of drug-likeness (QED) is 0.282. The average Bonchev–Trinajstić information content (AvgIpc) is 3.62. The molecule has 1 heterocycles. The van der Waals surface area contributed by atoms with Crippen molar-refractivity contribution >= 4 is 36.1 Å². The topological polar surface area (TPSA) is 201 Å². The molecule has 1 aromatic rings. The van der Waals surface area contributed by atoms with Crippen LogP contribution in [0.5, 0.6) is 0 Å². The molecule has 1 fully saturated rings. The molecule has 1 aliphatic rings. The van der Waals surface area contributed by atoms with Gasteiger partial charge < -0.3 is 26.6 Å². The van der Waals surface area contributed by atoms with Crippen LogP contribution in [0.15, 0.2) is 27.1 Å².